The smallest absolute Gasteiger partial charge is 0.00700 e. The monoisotopic (exact) mass is 238 g/mol. The van der Waals surface area contributed by atoms with Gasteiger partial charge in [-0.1, -0.05) is 19.8 Å². The number of likely N-dealkylation sites (tertiary alicyclic amines) is 1. The Hall–Kier alpha value is -0.0800. The summed E-state index contributed by atoms with van der Waals surface area (Å²) < 4.78 is 0. The molecule has 0 spiro atoms. The first-order valence-electron chi connectivity index (χ1n) is 7.63. The van der Waals surface area contributed by atoms with Crippen LogP contribution < -0.4 is 5.32 Å². The van der Waals surface area contributed by atoms with E-state index in [-0.39, 0.29) is 0 Å². The summed E-state index contributed by atoms with van der Waals surface area (Å²) in [5.74, 6) is 0. The predicted octanol–water partition coefficient (Wildman–Crippen LogP) is 3.03. The molecule has 100 valence electrons. The molecule has 2 rings (SSSR count). The lowest BCUT2D eigenvalue weighted by Crippen LogP contribution is -2.50. The van der Waals surface area contributed by atoms with Gasteiger partial charge in [0, 0.05) is 25.2 Å². The minimum atomic E-state index is 0.578. The highest BCUT2D eigenvalue weighted by Gasteiger charge is 2.37. The van der Waals surface area contributed by atoms with E-state index in [1.807, 2.05) is 0 Å². The Bertz CT molecular complexity index is 223. The van der Waals surface area contributed by atoms with Gasteiger partial charge in [0.1, 0.15) is 0 Å². The standard InChI is InChI=1S/C15H30N2/c1-4-8-15(9-10-16-11-15)12-17-13(2)6-5-7-14(17)3/h13-14,16H,4-12H2,1-3H3/t13-,14+,15?. The molecule has 2 aliphatic heterocycles. The van der Waals surface area contributed by atoms with E-state index in [1.54, 1.807) is 0 Å². The van der Waals surface area contributed by atoms with Gasteiger partial charge in [-0.3, -0.25) is 4.90 Å². The van der Waals surface area contributed by atoms with Crippen LogP contribution >= 0.6 is 0 Å². The summed E-state index contributed by atoms with van der Waals surface area (Å²) in [6.07, 6.45) is 8.35. The fourth-order valence-corrected chi connectivity index (χ4v) is 3.93. The minimum absolute atomic E-state index is 0.578. The van der Waals surface area contributed by atoms with Crippen LogP contribution in [0.5, 0.6) is 0 Å². The topological polar surface area (TPSA) is 15.3 Å². The maximum atomic E-state index is 3.59. The van der Waals surface area contributed by atoms with Crippen LogP contribution in [0.25, 0.3) is 0 Å². The third-order valence-corrected chi connectivity index (χ3v) is 5.01. The zero-order chi connectivity index (χ0) is 12.3. The van der Waals surface area contributed by atoms with E-state index in [2.05, 4.69) is 31.0 Å². The fourth-order valence-electron chi connectivity index (χ4n) is 3.93. The lowest BCUT2D eigenvalue weighted by atomic mass is 9.80. The second kappa shape index (κ2) is 5.71. The Kier molecular flexibility index (Phi) is 4.48. The molecule has 0 saturated carbocycles. The van der Waals surface area contributed by atoms with Gasteiger partial charge in [-0.05, 0) is 51.5 Å². The van der Waals surface area contributed by atoms with Crippen molar-refractivity contribution in [2.45, 2.75) is 71.4 Å². The van der Waals surface area contributed by atoms with Crippen LogP contribution in [0.1, 0.15) is 59.3 Å². The van der Waals surface area contributed by atoms with E-state index in [0.717, 1.165) is 12.1 Å². The molecule has 2 aliphatic rings. The summed E-state index contributed by atoms with van der Waals surface area (Å²) in [4.78, 5) is 2.80. The molecule has 0 aromatic heterocycles. The van der Waals surface area contributed by atoms with Crippen LogP contribution in [-0.4, -0.2) is 36.6 Å². The molecule has 17 heavy (non-hydrogen) atoms. The van der Waals surface area contributed by atoms with Crippen molar-refractivity contribution in [3.05, 3.63) is 0 Å². The Morgan fingerprint density at radius 1 is 1.24 bits per heavy atom. The number of rotatable bonds is 4. The normalized spacial score (nSPS) is 39.7. The van der Waals surface area contributed by atoms with Crippen molar-refractivity contribution >= 4 is 0 Å². The van der Waals surface area contributed by atoms with Crippen molar-refractivity contribution in [2.75, 3.05) is 19.6 Å². The highest BCUT2D eigenvalue weighted by Crippen LogP contribution is 2.35. The molecule has 2 nitrogen and oxygen atoms in total. The minimum Gasteiger partial charge on any atom is -0.316 e. The second-order valence-corrected chi connectivity index (χ2v) is 6.48. The van der Waals surface area contributed by atoms with Gasteiger partial charge in [0.25, 0.3) is 0 Å². The molecule has 2 saturated heterocycles. The average Bonchev–Trinajstić information content (AvgIpc) is 2.73. The molecule has 3 atom stereocenters. The van der Waals surface area contributed by atoms with E-state index in [1.165, 1.54) is 58.2 Å². The van der Waals surface area contributed by atoms with Gasteiger partial charge in [-0.25, -0.2) is 0 Å². The summed E-state index contributed by atoms with van der Waals surface area (Å²) in [6.45, 7) is 11.0. The molecule has 2 heteroatoms. The molecule has 0 aromatic carbocycles. The van der Waals surface area contributed by atoms with Crippen LogP contribution in [0.15, 0.2) is 0 Å². The fraction of sp³-hybridized carbons (Fsp3) is 1.00. The van der Waals surface area contributed by atoms with Crippen LogP contribution in [0, 0.1) is 5.41 Å². The largest absolute Gasteiger partial charge is 0.316 e. The number of hydrogen-bond acceptors (Lipinski definition) is 2. The molecule has 1 N–H and O–H groups in total. The van der Waals surface area contributed by atoms with Crippen molar-refractivity contribution in [1.82, 2.24) is 10.2 Å². The molecular weight excluding hydrogens is 208 g/mol. The highest BCUT2D eigenvalue weighted by molar-refractivity contribution is 4.93. The van der Waals surface area contributed by atoms with E-state index >= 15 is 0 Å². The average molecular weight is 238 g/mol. The molecule has 0 amide bonds. The third kappa shape index (κ3) is 3.03. The SMILES string of the molecule is CCCC1(CN2[C@H](C)CCC[C@@H]2C)CCNC1. The molecule has 2 fully saturated rings. The molecule has 0 aromatic rings. The van der Waals surface area contributed by atoms with Crippen molar-refractivity contribution in [2.24, 2.45) is 5.41 Å². The van der Waals surface area contributed by atoms with Crippen molar-refractivity contribution < 1.29 is 0 Å². The number of piperidine rings is 1. The van der Waals surface area contributed by atoms with Crippen LogP contribution in [0.2, 0.25) is 0 Å². The first-order valence-corrected chi connectivity index (χ1v) is 7.63. The number of hydrogen-bond donors (Lipinski definition) is 1. The van der Waals surface area contributed by atoms with Crippen LogP contribution in [0.4, 0.5) is 0 Å². The van der Waals surface area contributed by atoms with E-state index < -0.39 is 0 Å². The summed E-state index contributed by atoms with van der Waals surface area (Å²) >= 11 is 0. The predicted molar refractivity (Wildman–Crippen MR) is 74.3 cm³/mol. The molecule has 0 aliphatic carbocycles. The van der Waals surface area contributed by atoms with Gasteiger partial charge in [0.15, 0.2) is 0 Å². The van der Waals surface area contributed by atoms with Gasteiger partial charge in [-0.15, -0.1) is 0 Å². The number of nitrogens with one attached hydrogen (secondary N) is 1. The van der Waals surface area contributed by atoms with Crippen LogP contribution in [0.3, 0.4) is 0 Å². The van der Waals surface area contributed by atoms with Gasteiger partial charge in [0.2, 0.25) is 0 Å². The summed E-state index contributed by atoms with van der Waals surface area (Å²) in [6, 6.07) is 1.60. The Morgan fingerprint density at radius 2 is 1.94 bits per heavy atom. The van der Waals surface area contributed by atoms with Crippen molar-refractivity contribution in [1.29, 1.82) is 0 Å². The molecule has 0 radical (unpaired) electrons. The number of nitrogens with zero attached hydrogens (tertiary/aromatic N) is 1. The summed E-state index contributed by atoms with van der Waals surface area (Å²) in [7, 11) is 0. The van der Waals surface area contributed by atoms with Gasteiger partial charge in [-0.2, -0.15) is 0 Å². The van der Waals surface area contributed by atoms with Crippen molar-refractivity contribution in [3.8, 4) is 0 Å². The van der Waals surface area contributed by atoms with Gasteiger partial charge >= 0.3 is 0 Å². The summed E-state index contributed by atoms with van der Waals surface area (Å²) in [5.41, 5.74) is 0.578. The molecule has 2 heterocycles. The van der Waals surface area contributed by atoms with Gasteiger partial charge in [0.05, 0.1) is 0 Å². The van der Waals surface area contributed by atoms with Crippen molar-refractivity contribution in [3.63, 3.8) is 0 Å². The van der Waals surface area contributed by atoms with E-state index in [0.29, 0.717) is 5.41 Å². The Balaban J connectivity index is 2.00. The van der Waals surface area contributed by atoms with E-state index in [9.17, 15) is 0 Å². The third-order valence-electron chi connectivity index (χ3n) is 5.01. The van der Waals surface area contributed by atoms with E-state index in [4.69, 9.17) is 0 Å². The first kappa shape index (κ1) is 13.4. The maximum Gasteiger partial charge on any atom is 0.00700 e. The quantitative estimate of drug-likeness (QED) is 0.810. The maximum absolute atomic E-state index is 3.59. The second-order valence-electron chi connectivity index (χ2n) is 6.48. The molecule has 0 bridgehead atoms. The Labute approximate surface area is 107 Å². The lowest BCUT2D eigenvalue weighted by molar-refractivity contribution is 0.0505. The highest BCUT2D eigenvalue weighted by atomic mass is 15.2. The van der Waals surface area contributed by atoms with Gasteiger partial charge < -0.3 is 5.32 Å². The zero-order valence-corrected chi connectivity index (χ0v) is 12.0. The molecular formula is C15H30N2. The lowest BCUT2D eigenvalue weighted by Gasteiger charge is -2.44. The summed E-state index contributed by atoms with van der Waals surface area (Å²) in [5, 5.41) is 3.59. The first-order chi connectivity index (χ1) is 8.17. The zero-order valence-electron chi connectivity index (χ0n) is 12.0. The van der Waals surface area contributed by atoms with Crippen LogP contribution in [-0.2, 0) is 0 Å². The Morgan fingerprint density at radius 3 is 2.47 bits per heavy atom. The molecule has 1 unspecified atom stereocenters.